The molecule has 95 heavy (non-hydrogen) atoms. The summed E-state index contributed by atoms with van der Waals surface area (Å²) >= 11 is 0. The first kappa shape index (κ1) is 69.9. The second-order valence-electron chi connectivity index (χ2n) is 24.3. The molecule has 4 aromatic heterocycles. The van der Waals surface area contributed by atoms with Gasteiger partial charge in [-0.15, -0.1) is 0 Å². The summed E-state index contributed by atoms with van der Waals surface area (Å²) in [4.78, 5) is 79.3. The van der Waals surface area contributed by atoms with Crippen LogP contribution in [-0.2, 0) is 40.3 Å². The number of hydrogen-bond acceptors (Lipinski definition) is 17. The lowest BCUT2D eigenvalue weighted by atomic mass is 10.0. The van der Waals surface area contributed by atoms with E-state index in [-0.39, 0.29) is 70.2 Å². The largest absolute Gasteiger partial charge is 0.493 e. The molecule has 0 aliphatic carbocycles. The number of carbonyl (C=O) groups is 3. The first-order valence-corrected chi connectivity index (χ1v) is 33.8. The van der Waals surface area contributed by atoms with Crippen LogP contribution in [-0.4, -0.2) is 158 Å². The van der Waals surface area contributed by atoms with Crippen LogP contribution in [0.4, 0.5) is 11.5 Å². The van der Waals surface area contributed by atoms with E-state index in [2.05, 4.69) is 40.6 Å². The molecule has 0 saturated carbocycles. The Hall–Kier alpha value is -9.40. The number of H-pyrrole nitrogens is 1. The van der Waals surface area contributed by atoms with Crippen LogP contribution in [0.5, 0.6) is 34.5 Å². The molecule has 0 radical (unpaired) electrons. The summed E-state index contributed by atoms with van der Waals surface area (Å²) in [7, 11) is 3.78. The maximum atomic E-state index is 13.9. The van der Waals surface area contributed by atoms with E-state index in [0.717, 1.165) is 104 Å². The predicted octanol–water partition coefficient (Wildman–Crippen LogP) is 8.21. The van der Waals surface area contributed by atoms with E-state index in [4.69, 9.17) is 28.7 Å². The van der Waals surface area contributed by atoms with Crippen LogP contribution >= 0.6 is 0 Å². The molecule has 4 aromatic carbocycles. The van der Waals surface area contributed by atoms with Crippen LogP contribution in [0.25, 0.3) is 33.1 Å². The Morgan fingerprint density at radius 2 is 1.43 bits per heavy atom. The van der Waals surface area contributed by atoms with Crippen LogP contribution in [0.3, 0.4) is 0 Å². The number of nitrogens with zero attached hydrogens (tertiary/aromatic N) is 8. The predicted molar refractivity (Wildman–Crippen MR) is 367 cm³/mol. The molecule has 3 amide bonds. The number of likely N-dealkylation sites (N-methyl/N-ethyl adjacent to an activating group) is 1. The monoisotopic (exact) mass is 1320 g/mol. The number of aromatic nitrogens is 6. The highest BCUT2D eigenvalue weighted by atomic mass is 32.2. The highest BCUT2D eigenvalue weighted by molar-refractivity contribution is 7.92. The number of imidazole rings is 1. The van der Waals surface area contributed by atoms with Gasteiger partial charge in [0.25, 0.3) is 21.5 Å². The number of amides is 3. The fourth-order valence-electron chi connectivity index (χ4n) is 11.5. The van der Waals surface area contributed by atoms with E-state index < -0.39 is 10.0 Å². The number of sulfonamides is 1. The SMILES string of the molecule is CCCOc1cc(OCCCCN(C)CC(=O)NCCCCCC(=O)NCCN2CCN(c3ccc(-c4cc(C(=O)NCc5c(C)cc(C)[nH]c5=O)c5cnn(C(C)C)c5c4)cn3)CC2)cc(Oc2cc3c(cc2NS(=O)(=O)c2ccc(OC)c(OC)c2)n(C)c(=O)n3C)c1. The number of hydrogen-bond donors (Lipinski definition) is 5. The van der Waals surface area contributed by atoms with E-state index >= 15 is 0 Å². The molecule has 0 bridgehead atoms. The van der Waals surface area contributed by atoms with Crippen molar-refractivity contribution in [3.63, 3.8) is 0 Å². The zero-order valence-corrected chi connectivity index (χ0v) is 56.9. The Balaban J connectivity index is 0.655. The number of benzene rings is 4. The molecule has 25 nitrogen and oxygen atoms in total. The maximum absolute atomic E-state index is 13.9. The van der Waals surface area contributed by atoms with Gasteiger partial charge in [-0.3, -0.25) is 47.5 Å². The molecule has 1 aliphatic heterocycles. The van der Waals surface area contributed by atoms with Crippen LogP contribution in [0, 0.1) is 13.8 Å². The number of fused-ring (bicyclic) bond motifs is 2. The van der Waals surface area contributed by atoms with Gasteiger partial charge in [-0.1, -0.05) is 13.3 Å². The number of aromatic amines is 1. The first-order valence-electron chi connectivity index (χ1n) is 32.3. The van der Waals surface area contributed by atoms with Gasteiger partial charge in [0.1, 0.15) is 23.1 Å². The molecule has 1 aliphatic rings. The lowest BCUT2D eigenvalue weighted by molar-refractivity contribution is -0.122. The van der Waals surface area contributed by atoms with Gasteiger partial charge in [-0.2, -0.15) is 5.10 Å². The molecule has 9 rings (SSSR count). The lowest BCUT2D eigenvalue weighted by Crippen LogP contribution is -2.48. The number of methoxy groups -OCH3 is 2. The molecule has 508 valence electrons. The summed E-state index contributed by atoms with van der Waals surface area (Å²) in [6, 6.07) is 22.5. The van der Waals surface area contributed by atoms with Crippen LogP contribution in [0.1, 0.15) is 98.9 Å². The van der Waals surface area contributed by atoms with Crippen molar-refractivity contribution in [2.45, 2.75) is 97.0 Å². The van der Waals surface area contributed by atoms with Crippen molar-refractivity contribution in [1.29, 1.82) is 0 Å². The van der Waals surface area contributed by atoms with Crippen molar-refractivity contribution in [3.8, 4) is 45.6 Å². The van der Waals surface area contributed by atoms with E-state index in [1.807, 2.05) is 87.8 Å². The molecule has 0 atom stereocenters. The van der Waals surface area contributed by atoms with Gasteiger partial charge >= 0.3 is 5.69 Å². The Morgan fingerprint density at radius 3 is 2.13 bits per heavy atom. The molecule has 5 heterocycles. The van der Waals surface area contributed by atoms with Crippen molar-refractivity contribution < 1.29 is 46.5 Å². The van der Waals surface area contributed by atoms with Gasteiger partial charge in [0, 0.05) is 138 Å². The van der Waals surface area contributed by atoms with Gasteiger partial charge < -0.3 is 49.5 Å². The van der Waals surface area contributed by atoms with E-state index in [1.165, 1.54) is 41.6 Å². The molecular formula is C69H89N13O12S. The zero-order valence-electron chi connectivity index (χ0n) is 56.1. The van der Waals surface area contributed by atoms with E-state index in [1.54, 1.807) is 50.6 Å². The molecule has 0 unspecified atom stereocenters. The summed E-state index contributed by atoms with van der Waals surface area (Å²) in [6.07, 6.45) is 8.49. The van der Waals surface area contributed by atoms with Gasteiger partial charge in [-0.05, 0) is 133 Å². The van der Waals surface area contributed by atoms with Crippen molar-refractivity contribution in [2.75, 3.05) is 103 Å². The Bertz CT molecular complexity index is 4250. The quantitative estimate of drug-likeness (QED) is 0.0242. The van der Waals surface area contributed by atoms with E-state index in [9.17, 15) is 32.4 Å². The minimum absolute atomic E-state index is 0.0206. The molecular weight excluding hydrogens is 1230 g/mol. The van der Waals surface area contributed by atoms with Crippen LogP contribution in [0.15, 0.2) is 106 Å². The Kier molecular flexibility index (Phi) is 23.7. The summed E-state index contributed by atoms with van der Waals surface area (Å²) < 4.78 is 64.5. The molecule has 0 spiro atoms. The van der Waals surface area contributed by atoms with Crippen molar-refractivity contribution in [1.82, 2.24) is 54.6 Å². The number of carbonyl (C=O) groups excluding carboxylic acids is 3. The van der Waals surface area contributed by atoms with Crippen molar-refractivity contribution >= 4 is 61.2 Å². The normalized spacial score (nSPS) is 12.8. The second kappa shape index (κ2) is 32.2. The number of unbranched alkanes of at least 4 members (excludes halogenated alkanes) is 3. The second-order valence-corrected chi connectivity index (χ2v) is 25.9. The van der Waals surface area contributed by atoms with Crippen LogP contribution in [0.2, 0.25) is 0 Å². The maximum Gasteiger partial charge on any atom is 0.328 e. The Morgan fingerprint density at radius 1 is 0.716 bits per heavy atom. The fourth-order valence-corrected chi connectivity index (χ4v) is 12.6. The third kappa shape index (κ3) is 17.9. The minimum Gasteiger partial charge on any atom is -0.493 e. The van der Waals surface area contributed by atoms with E-state index in [0.29, 0.717) is 90.8 Å². The van der Waals surface area contributed by atoms with Crippen molar-refractivity contribution in [2.24, 2.45) is 14.1 Å². The number of piperazine rings is 1. The zero-order chi connectivity index (χ0) is 67.9. The lowest BCUT2D eigenvalue weighted by Gasteiger charge is -2.35. The molecule has 26 heteroatoms. The van der Waals surface area contributed by atoms with Gasteiger partial charge in [-0.25, -0.2) is 18.2 Å². The number of anilines is 2. The number of aryl methyl sites for hydroxylation is 4. The molecule has 1 saturated heterocycles. The first-order chi connectivity index (χ1) is 45.6. The van der Waals surface area contributed by atoms with Gasteiger partial charge in [0.2, 0.25) is 11.8 Å². The highest BCUT2D eigenvalue weighted by Gasteiger charge is 2.25. The van der Waals surface area contributed by atoms with Gasteiger partial charge in [0.05, 0.1) is 72.9 Å². The fraction of sp³-hybridized carbons (Fsp3) is 0.435. The number of ether oxygens (including phenoxy) is 5. The molecule has 8 aromatic rings. The average molecular weight is 1320 g/mol. The summed E-state index contributed by atoms with van der Waals surface area (Å²) in [5, 5.41) is 14.4. The number of pyridine rings is 2. The highest BCUT2D eigenvalue weighted by Crippen LogP contribution is 2.39. The number of rotatable bonds is 33. The van der Waals surface area contributed by atoms with Gasteiger partial charge in [0.15, 0.2) is 17.2 Å². The molecule has 5 N–H and O–H groups in total. The third-order valence-corrected chi connectivity index (χ3v) is 18.1. The summed E-state index contributed by atoms with van der Waals surface area (Å²) in [5.74, 6) is 2.51. The summed E-state index contributed by atoms with van der Waals surface area (Å²) in [6.45, 7) is 16.7. The minimum atomic E-state index is -4.22. The smallest absolute Gasteiger partial charge is 0.328 e. The summed E-state index contributed by atoms with van der Waals surface area (Å²) in [5.41, 5.74) is 5.65. The third-order valence-electron chi connectivity index (χ3n) is 16.8. The Labute approximate surface area is 554 Å². The van der Waals surface area contributed by atoms with Crippen molar-refractivity contribution in [3.05, 3.63) is 134 Å². The molecule has 1 fully saturated rings. The topological polar surface area (TPSA) is 280 Å². The standard InChI is InChI=1S/C69H89N13O12S/c1-11-30-92-50-35-51(37-52(36-50)94-62-40-60-59(78(7)69(87)79(60)8)39-57(62)76-95(88,89)53-19-20-61(90-9)63(38-53)91-10)93-31-16-15-24-77(6)44-66(84)70-22-14-12-13-17-65(83)71-23-25-80-26-28-81(29-27-80)64-21-18-48(41-72-64)49-33-54(56-43-74-82(45(2)3)58(56)34-49)67(85)73-42-55-46(4)32-47(5)75-68(55)86/h18-21,32-41,43,45,76H,11-17,22-31,42,44H2,1-10H3,(H,70,84)(H,71,83)(H,73,85)(H,75,86). The van der Waals surface area contributed by atoms with Crippen LogP contribution < -0.4 is 60.5 Å². The average Bonchev–Trinajstić information content (AvgIpc) is 1.67. The number of nitrogens with one attached hydrogen (secondary N) is 5.